The van der Waals surface area contributed by atoms with Crippen LogP contribution in [0.3, 0.4) is 0 Å². The van der Waals surface area contributed by atoms with Gasteiger partial charge < -0.3 is 19.6 Å². The van der Waals surface area contributed by atoms with E-state index in [4.69, 9.17) is 9.15 Å². The van der Waals surface area contributed by atoms with Gasteiger partial charge in [0, 0.05) is 13.7 Å². The molecular weight excluding hydrogens is 218 g/mol. The standard InChI is InChI=1S/C13H23NO3/c1-10(2)13(3,15)9-14-7-11-5-6-12(17-11)8-16-4/h5-6,10,14-15H,7-9H2,1-4H3. The molecule has 0 aliphatic heterocycles. The fraction of sp³-hybridized carbons (Fsp3) is 0.692. The van der Waals surface area contributed by atoms with Gasteiger partial charge in [0.15, 0.2) is 0 Å². The highest BCUT2D eigenvalue weighted by molar-refractivity contribution is 5.06. The van der Waals surface area contributed by atoms with E-state index in [-0.39, 0.29) is 5.92 Å². The Bertz CT molecular complexity index is 331. The predicted octanol–water partition coefficient (Wildman–Crippen LogP) is 1.92. The van der Waals surface area contributed by atoms with Gasteiger partial charge in [0.05, 0.1) is 12.1 Å². The zero-order valence-corrected chi connectivity index (χ0v) is 11.1. The Kier molecular flexibility index (Phi) is 5.18. The van der Waals surface area contributed by atoms with E-state index in [2.05, 4.69) is 5.32 Å². The quantitative estimate of drug-likeness (QED) is 0.766. The van der Waals surface area contributed by atoms with Crippen LogP contribution in [0, 0.1) is 5.92 Å². The number of furan rings is 1. The first-order valence-corrected chi connectivity index (χ1v) is 5.95. The fourth-order valence-electron chi connectivity index (χ4n) is 1.38. The van der Waals surface area contributed by atoms with Gasteiger partial charge in [-0.2, -0.15) is 0 Å². The largest absolute Gasteiger partial charge is 0.462 e. The number of aliphatic hydroxyl groups is 1. The molecule has 98 valence electrons. The van der Waals surface area contributed by atoms with Crippen LogP contribution in [0.5, 0.6) is 0 Å². The van der Waals surface area contributed by atoms with Crippen LogP contribution in [-0.2, 0) is 17.9 Å². The first-order chi connectivity index (χ1) is 7.95. The van der Waals surface area contributed by atoms with Crippen molar-refractivity contribution in [2.45, 2.75) is 39.5 Å². The van der Waals surface area contributed by atoms with E-state index < -0.39 is 5.60 Å². The summed E-state index contributed by atoms with van der Waals surface area (Å²) in [6.45, 7) is 7.50. The van der Waals surface area contributed by atoms with Gasteiger partial charge in [0.2, 0.25) is 0 Å². The van der Waals surface area contributed by atoms with E-state index in [0.29, 0.717) is 19.7 Å². The summed E-state index contributed by atoms with van der Waals surface area (Å²) >= 11 is 0. The molecule has 0 fully saturated rings. The minimum absolute atomic E-state index is 0.218. The molecule has 0 aliphatic carbocycles. The molecule has 4 nitrogen and oxygen atoms in total. The van der Waals surface area contributed by atoms with Crippen LogP contribution >= 0.6 is 0 Å². The molecule has 1 aromatic heterocycles. The smallest absolute Gasteiger partial charge is 0.129 e. The lowest BCUT2D eigenvalue weighted by atomic mass is 9.92. The molecule has 0 spiro atoms. The molecule has 1 unspecified atom stereocenters. The zero-order chi connectivity index (χ0) is 12.9. The second-order valence-electron chi connectivity index (χ2n) is 4.92. The molecule has 0 saturated heterocycles. The summed E-state index contributed by atoms with van der Waals surface area (Å²) in [6.07, 6.45) is 0. The van der Waals surface area contributed by atoms with E-state index in [9.17, 15) is 5.11 Å². The first-order valence-electron chi connectivity index (χ1n) is 5.95. The van der Waals surface area contributed by atoms with Crippen molar-refractivity contribution in [3.63, 3.8) is 0 Å². The van der Waals surface area contributed by atoms with Crippen molar-refractivity contribution in [3.8, 4) is 0 Å². The van der Waals surface area contributed by atoms with Crippen LogP contribution in [0.25, 0.3) is 0 Å². The van der Waals surface area contributed by atoms with E-state index in [1.807, 2.05) is 32.9 Å². The maximum absolute atomic E-state index is 10.0. The van der Waals surface area contributed by atoms with Crippen LogP contribution in [0.2, 0.25) is 0 Å². The second kappa shape index (κ2) is 6.19. The van der Waals surface area contributed by atoms with Gasteiger partial charge in [-0.3, -0.25) is 0 Å². The minimum Gasteiger partial charge on any atom is -0.462 e. The summed E-state index contributed by atoms with van der Waals surface area (Å²) in [5.74, 6) is 1.90. The zero-order valence-electron chi connectivity index (χ0n) is 11.1. The molecular formula is C13H23NO3. The van der Waals surface area contributed by atoms with Crippen LogP contribution in [-0.4, -0.2) is 24.4 Å². The normalized spacial score (nSPS) is 15.2. The second-order valence-corrected chi connectivity index (χ2v) is 4.92. The van der Waals surface area contributed by atoms with Gasteiger partial charge in [0.25, 0.3) is 0 Å². The maximum Gasteiger partial charge on any atom is 0.129 e. The van der Waals surface area contributed by atoms with E-state index in [1.54, 1.807) is 7.11 Å². The molecule has 0 aromatic carbocycles. The summed E-state index contributed by atoms with van der Waals surface area (Å²) in [5.41, 5.74) is -0.693. The van der Waals surface area contributed by atoms with E-state index >= 15 is 0 Å². The van der Waals surface area contributed by atoms with Gasteiger partial charge in [-0.25, -0.2) is 0 Å². The Balaban J connectivity index is 2.35. The molecule has 4 heteroatoms. The van der Waals surface area contributed by atoms with Crippen molar-refractivity contribution in [2.75, 3.05) is 13.7 Å². The van der Waals surface area contributed by atoms with Crippen molar-refractivity contribution in [1.29, 1.82) is 0 Å². The molecule has 2 N–H and O–H groups in total. The van der Waals surface area contributed by atoms with E-state index in [1.165, 1.54) is 0 Å². The Morgan fingerprint density at radius 2 is 2.06 bits per heavy atom. The summed E-state index contributed by atoms with van der Waals surface area (Å²) in [5, 5.41) is 13.2. The third-order valence-electron chi connectivity index (χ3n) is 3.03. The Morgan fingerprint density at radius 1 is 1.41 bits per heavy atom. The molecule has 0 aliphatic rings. The summed E-state index contributed by atoms with van der Waals surface area (Å²) < 4.78 is 10.5. The number of hydrogen-bond donors (Lipinski definition) is 2. The molecule has 17 heavy (non-hydrogen) atoms. The van der Waals surface area contributed by atoms with E-state index in [0.717, 1.165) is 11.5 Å². The molecule has 1 rings (SSSR count). The lowest BCUT2D eigenvalue weighted by Crippen LogP contribution is -2.41. The Labute approximate surface area is 103 Å². The van der Waals surface area contributed by atoms with Crippen molar-refractivity contribution < 1.29 is 14.3 Å². The number of methoxy groups -OCH3 is 1. The first kappa shape index (κ1) is 14.2. The van der Waals surface area contributed by atoms with Crippen LogP contribution < -0.4 is 5.32 Å². The average Bonchev–Trinajstić information content (AvgIpc) is 2.66. The van der Waals surface area contributed by atoms with Crippen molar-refractivity contribution in [1.82, 2.24) is 5.32 Å². The van der Waals surface area contributed by atoms with Gasteiger partial charge in [0.1, 0.15) is 18.1 Å². The fourth-order valence-corrected chi connectivity index (χ4v) is 1.38. The summed E-state index contributed by atoms with van der Waals surface area (Å²) in [7, 11) is 1.64. The molecule has 1 aromatic rings. The summed E-state index contributed by atoms with van der Waals surface area (Å²) in [6, 6.07) is 3.83. The number of rotatable bonds is 7. The number of ether oxygens (including phenoxy) is 1. The van der Waals surface area contributed by atoms with Gasteiger partial charge in [-0.1, -0.05) is 13.8 Å². The van der Waals surface area contributed by atoms with Crippen LogP contribution in [0.15, 0.2) is 16.5 Å². The molecule has 0 saturated carbocycles. The third-order valence-corrected chi connectivity index (χ3v) is 3.03. The Hall–Kier alpha value is -0.840. The Morgan fingerprint density at radius 3 is 2.65 bits per heavy atom. The predicted molar refractivity (Wildman–Crippen MR) is 66.6 cm³/mol. The van der Waals surface area contributed by atoms with Crippen molar-refractivity contribution >= 4 is 0 Å². The van der Waals surface area contributed by atoms with Crippen LogP contribution in [0.4, 0.5) is 0 Å². The molecule has 0 radical (unpaired) electrons. The lowest BCUT2D eigenvalue weighted by Gasteiger charge is -2.27. The lowest BCUT2D eigenvalue weighted by molar-refractivity contribution is 0.0136. The van der Waals surface area contributed by atoms with Crippen molar-refractivity contribution in [3.05, 3.63) is 23.7 Å². The summed E-state index contributed by atoms with van der Waals surface area (Å²) in [4.78, 5) is 0. The highest BCUT2D eigenvalue weighted by Crippen LogP contribution is 2.15. The van der Waals surface area contributed by atoms with Gasteiger partial charge in [-0.15, -0.1) is 0 Å². The monoisotopic (exact) mass is 241 g/mol. The number of nitrogens with one attached hydrogen (secondary N) is 1. The third kappa shape index (κ3) is 4.50. The van der Waals surface area contributed by atoms with Gasteiger partial charge >= 0.3 is 0 Å². The molecule has 0 bridgehead atoms. The van der Waals surface area contributed by atoms with Crippen LogP contribution in [0.1, 0.15) is 32.3 Å². The highest BCUT2D eigenvalue weighted by atomic mass is 16.5. The molecule has 0 amide bonds. The molecule has 1 atom stereocenters. The van der Waals surface area contributed by atoms with Gasteiger partial charge in [-0.05, 0) is 25.0 Å². The topological polar surface area (TPSA) is 54.6 Å². The van der Waals surface area contributed by atoms with Crippen molar-refractivity contribution in [2.24, 2.45) is 5.92 Å². The average molecular weight is 241 g/mol. The number of hydrogen-bond acceptors (Lipinski definition) is 4. The SMILES string of the molecule is COCc1ccc(CNCC(C)(O)C(C)C)o1. The maximum atomic E-state index is 10.0. The molecule has 1 heterocycles. The highest BCUT2D eigenvalue weighted by Gasteiger charge is 2.24. The minimum atomic E-state index is -0.693.